The number of hydrogen-bond donors (Lipinski definition) is 1. The van der Waals surface area contributed by atoms with Crippen LogP contribution in [0.15, 0.2) is 27.6 Å². The number of benzene rings is 1. The van der Waals surface area contributed by atoms with Gasteiger partial charge in [0.15, 0.2) is 0 Å². The van der Waals surface area contributed by atoms with E-state index in [0.717, 1.165) is 4.47 Å². The fourth-order valence-electron chi connectivity index (χ4n) is 1.63. The molecule has 0 atom stereocenters. The molecule has 8 heteroatoms. The lowest BCUT2D eigenvalue weighted by Crippen LogP contribution is -2.36. The van der Waals surface area contributed by atoms with Crippen molar-refractivity contribution in [2.24, 2.45) is 0 Å². The van der Waals surface area contributed by atoms with Gasteiger partial charge in [0.05, 0.1) is 18.9 Å². The highest BCUT2D eigenvalue weighted by Gasteiger charge is 2.26. The van der Waals surface area contributed by atoms with E-state index in [2.05, 4.69) is 15.9 Å². The van der Waals surface area contributed by atoms with Gasteiger partial charge < -0.3 is 15.2 Å². The quantitative estimate of drug-likeness (QED) is 0.701. The molecule has 20 heavy (non-hydrogen) atoms. The maximum absolute atomic E-state index is 12.6. The molecule has 2 N–H and O–H groups in total. The van der Waals surface area contributed by atoms with Gasteiger partial charge in [-0.3, -0.25) is 0 Å². The minimum atomic E-state index is -3.67. The minimum Gasteiger partial charge on any atom is -0.398 e. The largest absolute Gasteiger partial charge is 0.398 e. The third kappa shape index (κ3) is 4.42. The highest BCUT2D eigenvalue weighted by atomic mass is 79.9. The van der Waals surface area contributed by atoms with Crippen molar-refractivity contribution in [3.05, 3.63) is 22.7 Å². The standard InChI is InChI=1S/C12H19BrN2O4S/c1-18-7-5-15(6-8-19-2)20(16,17)12-4-3-10(13)9-11(12)14/h3-4,9H,5-8,14H2,1-2H3. The van der Waals surface area contributed by atoms with E-state index in [4.69, 9.17) is 15.2 Å². The van der Waals surface area contributed by atoms with Gasteiger partial charge in [-0.2, -0.15) is 4.31 Å². The van der Waals surface area contributed by atoms with Gasteiger partial charge in [0, 0.05) is 31.8 Å². The molecule has 0 aliphatic rings. The van der Waals surface area contributed by atoms with Crippen molar-refractivity contribution in [2.75, 3.05) is 46.3 Å². The zero-order valence-electron chi connectivity index (χ0n) is 11.5. The second kappa shape index (κ2) is 7.94. The van der Waals surface area contributed by atoms with E-state index in [1.54, 1.807) is 12.1 Å². The SMILES string of the molecule is COCCN(CCOC)S(=O)(=O)c1ccc(Br)cc1N. The van der Waals surface area contributed by atoms with Gasteiger partial charge in [-0.05, 0) is 18.2 Å². The first-order valence-electron chi connectivity index (χ1n) is 5.96. The van der Waals surface area contributed by atoms with Gasteiger partial charge in [0.1, 0.15) is 4.90 Å². The van der Waals surface area contributed by atoms with Crippen molar-refractivity contribution in [1.82, 2.24) is 4.31 Å². The summed E-state index contributed by atoms with van der Waals surface area (Å²) in [7, 11) is -0.620. The number of nitrogens with two attached hydrogens (primary N) is 1. The van der Waals surface area contributed by atoms with Crippen molar-refractivity contribution in [3.63, 3.8) is 0 Å². The maximum atomic E-state index is 12.6. The van der Waals surface area contributed by atoms with Crippen LogP contribution < -0.4 is 5.73 Å². The fraction of sp³-hybridized carbons (Fsp3) is 0.500. The highest BCUT2D eigenvalue weighted by Crippen LogP contribution is 2.25. The van der Waals surface area contributed by atoms with E-state index in [9.17, 15) is 8.42 Å². The van der Waals surface area contributed by atoms with Crippen molar-refractivity contribution in [2.45, 2.75) is 4.90 Å². The summed E-state index contributed by atoms with van der Waals surface area (Å²) in [6.07, 6.45) is 0. The molecule has 1 rings (SSSR count). The smallest absolute Gasteiger partial charge is 0.245 e. The third-order valence-electron chi connectivity index (χ3n) is 2.68. The van der Waals surface area contributed by atoms with Crippen molar-refractivity contribution < 1.29 is 17.9 Å². The normalized spacial score (nSPS) is 12.0. The lowest BCUT2D eigenvalue weighted by atomic mass is 10.3. The fourth-order valence-corrected chi connectivity index (χ4v) is 3.52. The lowest BCUT2D eigenvalue weighted by molar-refractivity contribution is 0.150. The molecule has 1 aromatic rings. The molecule has 0 fully saturated rings. The third-order valence-corrected chi connectivity index (χ3v) is 5.15. The van der Waals surface area contributed by atoms with Crippen LogP contribution in [0.2, 0.25) is 0 Å². The molecule has 114 valence electrons. The molecule has 0 radical (unpaired) electrons. The average Bonchev–Trinajstić information content (AvgIpc) is 2.38. The summed E-state index contributed by atoms with van der Waals surface area (Å²) in [4.78, 5) is 0.0907. The molecule has 0 amide bonds. The van der Waals surface area contributed by atoms with E-state index in [0.29, 0.717) is 13.2 Å². The van der Waals surface area contributed by atoms with Crippen LogP contribution in [0.1, 0.15) is 0 Å². The number of nitrogen functional groups attached to an aromatic ring is 1. The van der Waals surface area contributed by atoms with E-state index in [1.807, 2.05) is 0 Å². The predicted octanol–water partition coefficient (Wildman–Crippen LogP) is 1.31. The van der Waals surface area contributed by atoms with Crippen LogP contribution in [0, 0.1) is 0 Å². The van der Waals surface area contributed by atoms with E-state index >= 15 is 0 Å². The van der Waals surface area contributed by atoms with Crippen LogP contribution in [0.3, 0.4) is 0 Å². The lowest BCUT2D eigenvalue weighted by Gasteiger charge is -2.22. The Morgan fingerprint density at radius 3 is 2.20 bits per heavy atom. The summed E-state index contributed by atoms with van der Waals surface area (Å²) in [6, 6.07) is 4.70. The summed E-state index contributed by atoms with van der Waals surface area (Å²) < 4.78 is 37.1. The molecule has 0 spiro atoms. The van der Waals surface area contributed by atoms with Crippen LogP contribution in [-0.2, 0) is 19.5 Å². The molecule has 0 saturated heterocycles. The first kappa shape index (κ1) is 17.4. The Labute approximate surface area is 128 Å². The van der Waals surface area contributed by atoms with Gasteiger partial charge in [-0.25, -0.2) is 8.42 Å². The molecule has 0 aliphatic heterocycles. The Morgan fingerprint density at radius 2 is 1.75 bits per heavy atom. The molecule has 0 aromatic heterocycles. The van der Waals surface area contributed by atoms with Gasteiger partial charge in [0.2, 0.25) is 10.0 Å². The van der Waals surface area contributed by atoms with Gasteiger partial charge in [0.25, 0.3) is 0 Å². The molecular weight excluding hydrogens is 348 g/mol. The maximum Gasteiger partial charge on any atom is 0.245 e. The number of nitrogens with zero attached hydrogens (tertiary/aromatic N) is 1. The van der Waals surface area contributed by atoms with E-state index in [1.165, 1.54) is 24.6 Å². The first-order valence-corrected chi connectivity index (χ1v) is 8.20. The predicted molar refractivity (Wildman–Crippen MR) is 81.1 cm³/mol. The van der Waals surface area contributed by atoms with E-state index < -0.39 is 10.0 Å². The number of sulfonamides is 1. The Hall–Kier alpha value is -0.670. The summed E-state index contributed by atoms with van der Waals surface area (Å²) in [5.74, 6) is 0. The summed E-state index contributed by atoms with van der Waals surface area (Å²) in [5, 5.41) is 0. The zero-order valence-corrected chi connectivity index (χ0v) is 13.9. The second-order valence-corrected chi connectivity index (χ2v) is 6.89. The molecule has 0 bridgehead atoms. The second-order valence-electron chi connectivity index (χ2n) is 4.07. The van der Waals surface area contributed by atoms with E-state index in [-0.39, 0.29) is 23.7 Å². The highest BCUT2D eigenvalue weighted by molar-refractivity contribution is 9.10. The van der Waals surface area contributed by atoms with Crippen molar-refractivity contribution >= 4 is 31.6 Å². The van der Waals surface area contributed by atoms with Gasteiger partial charge in [-0.1, -0.05) is 15.9 Å². The number of rotatable bonds is 8. The number of methoxy groups -OCH3 is 2. The minimum absolute atomic E-state index is 0.0907. The van der Waals surface area contributed by atoms with Crippen molar-refractivity contribution in [3.8, 4) is 0 Å². The number of halogens is 1. The summed E-state index contributed by atoms with van der Waals surface area (Å²) in [6.45, 7) is 1.11. The Balaban J connectivity index is 3.07. The van der Waals surface area contributed by atoms with Crippen molar-refractivity contribution in [1.29, 1.82) is 0 Å². The number of hydrogen-bond acceptors (Lipinski definition) is 5. The average molecular weight is 367 g/mol. The van der Waals surface area contributed by atoms with Crippen LogP contribution in [-0.4, -0.2) is 53.2 Å². The van der Waals surface area contributed by atoms with Gasteiger partial charge in [-0.15, -0.1) is 0 Å². The topological polar surface area (TPSA) is 81.9 Å². The molecule has 0 heterocycles. The monoisotopic (exact) mass is 366 g/mol. The molecule has 1 aromatic carbocycles. The molecule has 0 saturated carbocycles. The zero-order chi connectivity index (χ0) is 15.2. The molecular formula is C12H19BrN2O4S. The number of ether oxygens (including phenoxy) is 2. The Morgan fingerprint density at radius 1 is 1.20 bits per heavy atom. The first-order chi connectivity index (χ1) is 9.43. The van der Waals surface area contributed by atoms with Crippen LogP contribution in [0.4, 0.5) is 5.69 Å². The molecule has 0 unspecified atom stereocenters. The Kier molecular flexibility index (Phi) is 6.90. The van der Waals surface area contributed by atoms with Crippen LogP contribution >= 0.6 is 15.9 Å². The summed E-state index contributed by atoms with van der Waals surface area (Å²) in [5.41, 5.74) is 6.01. The molecule has 0 aliphatic carbocycles. The van der Waals surface area contributed by atoms with Gasteiger partial charge >= 0.3 is 0 Å². The summed E-state index contributed by atoms with van der Waals surface area (Å²) >= 11 is 3.26. The van der Waals surface area contributed by atoms with Crippen LogP contribution in [0.5, 0.6) is 0 Å². The molecule has 6 nitrogen and oxygen atoms in total. The number of anilines is 1. The Bertz CT molecular complexity index is 528. The van der Waals surface area contributed by atoms with Crippen LogP contribution in [0.25, 0.3) is 0 Å².